The molecule has 0 amide bonds. The average Bonchev–Trinajstić information content (AvgIpc) is 2.68. The van der Waals surface area contributed by atoms with Crippen molar-refractivity contribution < 1.29 is 13.2 Å². The first kappa shape index (κ1) is 13.8. The predicted octanol–water partition coefficient (Wildman–Crippen LogP) is 3.27. The first-order chi connectivity index (χ1) is 8.90. The van der Waals surface area contributed by atoms with Crippen LogP contribution in [0.3, 0.4) is 0 Å². The van der Waals surface area contributed by atoms with Gasteiger partial charge in [-0.25, -0.2) is 4.98 Å². The van der Waals surface area contributed by atoms with Gasteiger partial charge in [0.15, 0.2) is 0 Å². The lowest BCUT2D eigenvalue weighted by atomic mass is 10.2. The Hall–Kier alpha value is -1.65. The van der Waals surface area contributed by atoms with E-state index in [0.717, 1.165) is 12.1 Å². The van der Waals surface area contributed by atoms with Crippen LogP contribution >= 0.6 is 11.3 Å². The Morgan fingerprint density at radius 1 is 1.42 bits per heavy atom. The predicted molar refractivity (Wildman–Crippen MR) is 66.6 cm³/mol. The lowest BCUT2D eigenvalue weighted by Crippen LogP contribution is -2.17. The van der Waals surface area contributed by atoms with Crippen LogP contribution in [0.25, 0.3) is 10.2 Å². The maximum absolute atomic E-state index is 12.6. The molecule has 7 heteroatoms. The van der Waals surface area contributed by atoms with E-state index < -0.39 is 11.7 Å². The molecule has 1 heterocycles. The van der Waals surface area contributed by atoms with Crippen LogP contribution in [0.15, 0.2) is 18.2 Å². The van der Waals surface area contributed by atoms with Crippen molar-refractivity contribution >= 4 is 21.6 Å². The van der Waals surface area contributed by atoms with Gasteiger partial charge in [0.2, 0.25) is 0 Å². The molecule has 0 unspecified atom stereocenters. The van der Waals surface area contributed by atoms with E-state index in [2.05, 4.69) is 4.98 Å². The minimum absolute atomic E-state index is 0.254. The molecule has 1 aromatic heterocycles. The molecule has 19 heavy (non-hydrogen) atoms. The van der Waals surface area contributed by atoms with Gasteiger partial charge in [-0.2, -0.15) is 18.4 Å². The van der Waals surface area contributed by atoms with Gasteiger partial charge in [0, 0.05) is 0 Å². The summed E-state index contributed by atoms with van der Waals surface area (Å²) in [7, 11) is 1.76. The van der Waals surface area contributed by atoms with Crippen molar-refractivity contribution in [1.29, 1.82) is 5.26 Å². The number of halogens is 3. The minimum Gasteiger partial charge on any atom is -0.287 e. The Balaban J connectivity index is 2.29. The van der Waals surface area contributed by atoms with E-state index in [4.69, 9.17) is 5.26 Å². The van der Waals surface area contributed by atoms with Crippen LogP contribution in [0.4, 0.5) is 13.2 Å². The number of nitriles is 1. The van der Waals surface area contributed by atoms with Crippen LogP contribution in [-0.4, -0.2) is 23.5 Å². The lowest BCUT2D eigenvalue weighted by molar-refractivity contribution is -0.137. The second-order valence-electron chi connectivity index (χ2n) is 4.12. The molecule has 2 rings (SSSR count). The van der Waals surface area contributed by atoms with Gasteiger partial charge in [0.05, 0.1) is 34.9 Å². The van der Waals surface area contributed by atoms with Crippen molar-refractivity contribution in [2.24, 2.45) is 0 Å². The van der Waals surface area contributed by atoms with Crippen LogP contribution in [-0.2, 0) is 12.7 Å². The average molecular weight is 285 g/mol. The fourth-order valence-electron chi connectivity index (χ4n) is 1.63. The largest absolute Gasteiger partial charge is 0.416 e. The summed E-state index contributed by atoms with van der Waals surface area (Å²) in [4.78, 5) is 5.93. The van der Waals surface area contributed by atoms with Gasteiger partial charge < -0.3 is 0 Å². The van der Waals surface area contributed by atoms with Crippen molar-refractivity contribution in [1.82, 2.24) is 9.88 Å². The zero-order chi connectivity index (χ0) is 14.0. The zero-order valence-electron chi connectivity index (χ0n) is 10.0. The standard InChI is InChI=1S/C12H10F3N3S/c1-18(5-4-16)7-11-17-9-6-8(12(13,14)15)2-3-10(9)19-11/h2-3,6H,5,7H2,1H3. The van der Waals surface area contributed by atoms with Crippen LogP contribution in [0.5, 0.6) is 0 Å². The Kier molecular flexibility index (Phi) is 3.73. The number of hydrogen-bond acceptors (Lipinski definition) is 4. The second-order valence-corrected chi connectivity index (χ2v) is 5.23. The topological polar surface area (TPSA) is 39.9 Å². The molecule has 0 atom stereocenters. The van der Waals surface area contributed by atoms with Gasteiger partial charge >= 0.3 is 6.18 Å². The van der Waals surface area contributed by atoms with Crippen molar-refractivity contribution in [2.45, 2.75) is 12.7 Å². The molecule has 0 aliphatic heterocycles. The van der Waals surface area contributed by atoms with E-state index in [-0.39, 0.29) is 6.54 Å². The number of aromatic nitrogens is 1. The Morgan fingerprint density at radius 3 is 2.79 bits per heavy atom. The van der Waals surface area contributed by atoms with Gasteiger partial charge in [0.1, 0.15) is 5.01 Å². The molecule has 0 aliphatic carbocycles. The third kappa shape index (κ3) is 3.22. The summed E-state index contributed by atoms with van der Waals surface area (Å²) in [6.07, 6.45) is -4.35. The van der Waals surface area contributed by atoms with Crippen LogP contribution in [0.2, 0.25) is 0 Å². The highest BCUT2D eigenvalue weighted by Crippen LogP contribution is 2.32. The highest BCUT2D eigenvalue weighted by atomic mass is 32.1. The molecule has 0 saturated heterocycles. The summed E-state index contributed by atoms with van der Waals surface area (Å²) in [5.41, 5.74) is -0.345. The molecule has 0 N–H and O–H groups in total. The molecular formula is C12H10F3N3S. The molecule has 1 aromatic carbocycles. The molecule has 0 aliphatic rings. The Labute approximate surface area is 111 Å². The van der Waals surface area contributed by atoms with Crippen molar-refractivity contribution in [3.63, 3.8) is 0 Å². The summed E-state index contributed by atoms with van der Waals surface area (Å²) < 4.78 is 38.4. The number of benzene rings is 1. The van der Waals surface area contributed by atoms with Crippen molar-refractivity contribution in [3.8, 4) is 6.07 Å². The van der Waals surface area contributed by atoms with Gasteiger partial charge in [-0.15, -0.1) is 11.3 Å². The molecule has 100 valence electrons. The fraction of sp³-hybridized carbons (Fsp3) is 0.333. The summed E-state index contributed by atoms with van der Waals surface area (Å²) in [6.45, 7) is 0.706. The number of alkyl halides is 3. The zero-order valence-corrected chi connectivity index (χ0v) is 10.8. The lowest BCUT2D eigenvalue weighted by Gasteiger charge is -2.08. The highest BCUT2D eigenvalue weighted by molar-refractivity contribution is 7.18. The van der Waals surface area contributed by atoms with Gasteiger partial charge in [0.25, 0.3) is 0 Å². The van der Waals surface area contributed by atoms with Crippen molar-refractivity contribution in [2.75, 3.05) is 13.6 Å². The van der Waals surface area contributed by atoms with E-state index in [1.807, 2.05) is 6.07 Å². The molecule has 3 nitrogen and oxygen atoms in total. The molecule has 0 radical (unpaired) electrons. The maximum Gasteiger partial charge on any atom is 0.416 e. The molecule has 2 aromatic rings. The van der Waals surface area contributed by atoms with Gasteiger partial charge in [-0.1, -0.05) is 0 Å². The summed E-state index contributed by atoms with van der Waals surface area (Å²) in [5.74, 6) is 0. The third-order valence-corrected chi connectivity index (χ3v) is 3.53. The van der Waals surface area contributed by atoms with E-state index in [1.54, 1.807) is 11.9 Å². The van der Waals surface area contributed by atoms with Crippen LogP contribution in [0, 0.1) is 11.3 Å². The summed E-state index contributed by atoms with van der Waals surface area (Å²) in [6, 6.07) is 5.55. The van der Waals surface area contributed by atoms with E-state index in [0.29, 0.717) is 21.8 Å². The Bertz CT molecular complexity index is 627. The normalized spacial score (nSPS) is 12.0. The third-order valence-electron chi connectivity index (χ3n) is 2.50. The molecule has 0 saturated carbocycles. The highest BCUT2D eigenvalue weighted by Gasteiger charge is 2.30. The summed E-state index contributed by atoms with van der Waals surface area (Å²) in [5, 5.41) is 9.25. The quantitative estimate of drug-likeness (QED) is 0.813. The molecular weight excluding hydrogens is 275 g/mol. The Morgan fingerprint density at radius 2 is 2.16 bits per heavy atom. The monoisotopic (exact) mass is 285 g/mol. The van der Waals surface area contributed by atoms with E-state index >= 15 is 0 Å². The molecule has 0 fully saturated rings. The first-order valence-electron chi connectivity index (χ1n) is 5.42. The molecule has 0 bridgehead atoms. The number of thiazole rings is 1. The van der Waals surface area contributed by atoms with Crippen LogP contribution in [0.1, 0.15) is 10.6 Å². The molecule has 0 spiro atoms. The van der Waals surface area contributed by atoms with Crippen LogP contribution < -0.4 is 0 Å². The first-order valence-corrected chi connectivity index (χ1v) is 6.24. The fourth-order valence-corrected chi connectivity index (χ4v) is 2.65. The minimum atomic E-state index is -4.35. The second kappa shape index (κ2) is 5.15. The van der Waals surface area contributed by atoms with Gasteiger partial charge in [-0.05, 0) is 25.2 Å². The van der Waals surface area contributed by atoms with E-state index in [9.17, 15) is 13.2 Å². The smallest absolute Gasteiger partial charge is 0.287 e. The maximum atomic E-state index is 12.6. The number of hydrogen-bond donors (Lipinski definition) is 0. The number of fused-ring (bicyclic) bond motifs is 1. The van der Waals surface area contributed by atoms with Crippen molar-refractivity contribution in [3.05, 3.63) is 28.8 Å². The SMILES string of the molecule is CN(CC#N)Cc1nc2cc(C(F)(F)F)ccc2s1. The van der Waals surface area contributed by atoms with E-state index in [1.165, 1.54) is 17.4 Å². The van der Waals surface area contributed by atoms with Gasteiger partial charge in [-0.3, -0.25) is 4.90 Å². The summed E-state index contributed by atoms with van der Waals surface area (Å²) >= 11 is 1.34. The number of rotatable bonds is 3. The number of nitrogens with zero attached hydrogens (tertiary/aromatic N) is 3.